The van der Waals surface area contributed by atoms with Crippen LogP contribution in [0.2, 0.25) is 0 Å². The van der Waals surface area contributed by atoms with Gasteiger partial charge >= 0.3 is 0 Å². The molecule has 1 saturated carbocycles. The molecule has 3 heterocycles. The lowest BCUT2D eigenvalue weighted by atomic mass is 9.83. The number of hydrogen-bond donors (Lipinski definition) is 0. The third-order valence-electron chi connectivity index (χ3n) is 6.11. The Hall–Kier alpha value is -2.76. The summed E-state index contributed by atoms with van der Waals surface area (Å²) in [6.07, 6.45) is 12.4. The Bertz CT molecular complexity index is 823. The van der Waals surface area contributed by atoms with E-state index in [-0.39, 0.29) is 23.8 Å². The molecule has 29 heavy (non-hydrogen) atoms. The van der Waals surface area contributed by atoms with Crippen LogP contribution in [0.15, 0.2) is 49.1 Å². The molecule has 0 radical (unpaired) electrons. The number of piperidine rings is 1. The van der Waals surface area contributed by atoms with E-state index in [9.17, 15) is 9.59 Å². The number of pyridine rings is 2. The molecule has 6 heteroatoms. The highest BCUT2D eigenvalue weighted by atomic mass is 16.2. The standard InChI is InChI=1S/C23H28N4O2/c28-22(14-18-8-11-24-12-9-18)26-13-3-7-21(17-26)27(23(29)20-5-1-6-20)16-19-4-2-10-25-15-19/h2,4,8-12,15,20-21H,1,3,5-7,13-14,16-17H2. The van der Waals surface area contributed by atoms with Crippen molar-refractivity contribution in [1.82, 2.24) is 19.8 Å². The lowest BCUT2D eigenvalue weighted by Crippen LogP contribution is -2.53. The molecule has 0 bridgehead atoms. The van der Waals surface area contributed by atoms with E-state index in [0.29, 0.717) is 19.5 Å². The third kappa shape index (κ3) is 4.81. The van der Waals surface area contributed by atoms with Gasteiger partial charge in [0.1, 0.15) is 0 Å². The quantitative estimate of drug-likeness (QED) is 0.758. The highest BCUT2D eigenvalue weighted by Crippen LogP contribution is 2.31. The van der Waals surface area contributed by atoms with Crippen molar-refractivity contribution in [2.45, 2.75) is 51.1 Å². The lowest BCUT2D eigenvalue weighted by molar-refractivity contribution is -0.145. The Labute approximate surface area is 172 Å². The van der Waals surface area contributed by atoms with E-state index in [0.717, 1.165) is 49.8 Å². The van der Waals surface area contributed by atoms with Gasteiger partial charge in [-0.05, 0) is 55.0 Å². The summed E-state index contributed by atoms with van der Waals surface area (Å²) >= 11 is 0. The molecule has 6 nitrogen and oxygen atoms in total. The zero-order valence-corrected chi connectivity index (χ0v) is 16.7. The largest absolute Gasteiger partial charge is 0.340 e. The molecule has 2 amide bonds. The Morgan fingerprint density at radius 2 is 1.83 bits per heavy atom. The average Bonchev–Trinajstić information content (AvgIpc) is 2.72. The molecule has 1 atom stereocenters. The number of nitrogens with zero attached hydrogens (tertiary/aromatic N) is 4. The van der Waals surface area contributed by atoms with E-state index in [2.05, 4.69) is 9.97 Å². The number of aromatic nitrogens is 2. The van der Waals surface area contributed by atoms with Gasteiger partial charge in [0.25, 0.3) is 0 Å². The van der Waals surface area contributed by atoms with Gasteiger partial charge in [-0.3, -0.25) is 19.6 Å². The maximum absolute atomic E-state index is 13.2. The van der Waals surface area contributed by atoms with Crippen LogP contribution in [0.25, 0.3) is 0 Å². The number of amides is 2. The molecule has 0 spiro atoms. The average molecular weight is 393 g/mol. The Morgan fingerprint density at radius 1 is 1.00 bits per heavy atom. The topological polar surface area (TPSA) is 66.4 Å². The van der Waals surface area contributed by atoms with Gasteiger partial charge in [-0.15, -0.1) is 0 Å². The number of hydrogen-bond acceptors (Lipinski definition) is 4. The number of carbonyl (C=O) groups excluding carboxylic acids is 2. The van der Waals surface area contributed by atoms with E-state index in [4.69, 9.17) is 0 Å². The fourth-order valence-corrected chi connectivity index (χ4v) is 4.19. The Morgan fingerprint density at radius 3 is 2.52 bits per heavy atom. The van der Waals surface area contributed by atoms with Crippen LogP contribution in [-0.2, 0) is 22.6 Å². The molecule has 1 saturated heterocycles. The molecule has 0 N–H and O–H groups in total. The van der Waals surface area contributed by atoms with Crippen LogP contribution in [0, 0.1) is 5.92 Å². The molecule has 2 fully saturated rings. The van der Waals surface area contributed by atoms with Crippen molar-refractivity contribution < 1.29 is 9.59 Å². The van der Waals surface area contributed by atoms with Crippen LogP contribution >= 0.6 is 0 Å². The highest BCUT2D eigenvalue weighted by molar-refractivity contribution is 5.81. The Balaban J connectivity index is 1.46. The molecule has 1 unspecified atom stereocenters. The maximum Gasteiger partial charge on any atom is 0.227 e. The summed E-state index contributed by atoms with van der Waals surface area (Å²) in [5.74, 6) is 0.515. The number of rotatable bonds is 6. The smallest absolute Gasteiger partial charge is 0.227 e. The highest BCUT2D eigenvalue weighted by Gasteiger charge is 2.35. The SMILES string of the molecule is O=C(Cc1ccncc1)N1CCCC(N(Cc2cccnc2)C(=O)C2CCC2)C1. The monoisotopic (exact) mass is 392 g/mol. The van der Waals surface area contributed by atoms with Crippen LogP contribution in [0.4, 0.5) is 0 Å². The summed E-state index contributed by atoms with van der Waals surface area (Å²) in [6, 6.07) is 7.76. The molecule has 4 rings (SSSR count). The lowest BCUT2D eigenvalue weighted by Gasteiger charge is -2.42. The van der Waals surface area contributed by atoms with Crippen molar-refractivity contribution in [2.75, 3.05) is 13.1 Å². The normalized spacial score (nSPS) is 19.4. The summed E-state index contributed by atoms with van der Waals surface area (Å²) < 4.78 is 0. The first kappa shape index (κ1) is 19.6. The van der Waals surface area contributed by atoms with E-state index < -0.39 is 0 Å². The van der Waals surface area contributed by atoms with Gasteiger partial charge in [0, 0.05) is 56.4 Å². The first-order valence-electron chi connectivity index (χ1n) is 10.6. The van der Waals surface area contributed by atoms with E-state index >= 15 is 0 Å². The summed E-state index contributed by atoms with van der Waals surface area (Å²) in [6.45, 7) is 1.95. The summed E-state index contributed by atoms with van der Waals surface area (Å²) in [5.41, 5.74) is 2.02. The van der Waals surface area contributed by atoms with E-state index in [1.807, 2.05) is 40.3 Å². The summed E-state index contributed by atoms with van der Waals surface area (Å²) in [5, 5.41) is 0. The van der Waals surface area contributed by atoms with E-state index in [1.165, 1.54) is 0 Å². The second kappa shape index (κ2) is 9.16. The zero-order valence-electron chi connectivity index (χ0n) is 16.7. The fraction of sp³-hybridized carbons (Fsp3) is 0.478. The van der Waals surface area contributed by atoms with E-state index in [1.54, 1.807) is 18.6 Å². The van der Waals surface area contributed by atoms with Crippen molar-refractivity contribution >= 4 is 11.8 Å². The van der Waals surface area contributed by atoms with Crippen LogP contribution in [0.3, 0.4) is 0 Å². The molecule has 2 aliphatic rings. The summed E-state index contributed by atoms with van der Waals surface area (Å²) in [4.78, 5) is 38.2. The van der Waals surface area contributed by atoms with Gasteiger partial charge < -0.3 is 9.80 Å². The van der Waals surface area contributed by atoms with Crippen molar-refractivity contribution in [3.05, 3.63) is 60.2 Å². The van der Waals surface area contributed by atoms with Gasteiger partial charge in [0.15, 0.2) is 0 Å². The molecule has 1 aliphatic heterocycles. The molecular formula is C23H28N4O2. The first-order valence-corrected chi connectivity index (χ1v) is 10.6. The summed E-state index contributed by atoms with van der Waals surface area (Å²) in [7, 11) is 0. The number of likely N-dealkylation sites (tertiary alicyclic amines) is 1. The minimum absolute atomic E-state index is 0.0680. The van der Waals surface area contributed by atoms with Crippen LogP contribution < -0.4 is 0 Å². The van der Waals surface area contributed by atoms with Crippen LogP contribution in [-0.4, -0.2) is 50.7 Å². The fourth-order valence-electron chi connectivity index (χ4n) is 4.19. The molecular weight excluding hydrogens is 364 g/mol. The second-order valence-electron chi connectivity index (χ2n) is 8.12. The van der Waals surface area contributed by atoms with Crippen molar-refractivity contribution in [2.24, 2.45) is 5.92 Å². The van der Waals surface area contributed by atoms with Gasteiger partial charge in [-0.2, -0.15) is 0 Å². The van der Waals surface area contributed by atoms with Crippen molar-refractivity contribution in [3.8, 4) is 0 Å². The predicted molar refractivity (Wildman–Crippen MR) is 110 cm³/mol. The minimum Gasteiger partial charge on any atom is -0.340 e. The van der Waals surface area contributed by atoms with Gasteiger partial charge in [0.05, 0.1) is 6.42 Å². The molecule has 2 aromatic rings. The Kier molecular flexibility index (Phi) is 6.17. The first-order chi connectivity index (χ1) is 14.2. The second-order valence-corrected chi connectivity index (χ2v) is 8.12. The molecule has 152 valence electrons. The molecule has 1 aliphatic carbocycles. The minimum atomic E-state index is 0.0680. The van der Waals surface area contributed by atoms with Crippen molar-refractivity contribution in [1.29, 1.82) is 0 Å². The van der Waals surface area contributed by atoms with Gasteiger partial charge in [-0.1, -0.05) is 12.5 Å². The molecule has 2 aromatic heterocycles. The zero-order chi connectivity index (χ0) is 20.1. The van der Waals surface area contributed by atoms with Gasteiger partial charge in [0.2, 0.25) is 11.8 Å². The van der Waals surface area contributed by atoms with Crippen molar-refractivity contribution in [3.63, 3.8) is 0 Å². The molecule has 0 aromatic carbocycles. The van der Waals surface area contributed by atoms with Gasteiger partial charge in [-0.25, -0.2) is 0 Å². The van der Waals surface area contributed by atoms with Crippen LogP contribution in [0.5, 0.6) is 0 Å². The third-order valence-corrected chi connectivity index (χ3v) is 6.11. The van der Waals surface area contributed by atoms with Crippen LogP contribution in [0.1, 0.15) is 43.2 Å². The predicted octanol–water partition coefficient (Wildman–Crippen LogP) is 2.84. The maximum atomic E-state index is 13.2. The number of carbonyl (C=O) groups is 2.